The zero-order valence-electron chi connectivity index (χ0n) is 8.02. The van der Waals surface area contributed by atoms with E-state index in [1.807, 2.05) is 6.92 Å². The third-order valence-electron chi connectivity index (χ3n) is 2.33. The molecule has 0 saturated carbocycles. The Bertz CT molecular complexity index is 200. The third-order valence-corrected chi connectivity index (χ3v) is 2.33. The molecule has 0 N–H and O–H groups in total. The van der Waals surface area contributed by atoms with E-state index in [2.05, 4.69) is 0 Å². The molecular formula is C9H15F2NO. The fraction of sp³-hybridized carbons (Fsp3) is 0.889. The molecule has 1 aliphatic heterocycles. The van der Waals surface area contributed by atoms with E-state index < -0.39 is 18.3 Å². The molecule has 4 heteroatoms. The Balaban J connectivity index is 2.48. The molecule has 0 aromatic carbocycles. The molecule has 1 heterocycles. The molecule has 0 aliphatic carbocycles. The zero-order chi connectivity index (χ0) is 10.1. The first kappa shape index (κ1) is 10.4. The third kappa shape index (κ3) is 2.94. The van der Waals surface area contributed by atoms with Crippen LogP contribution in [0, 0.1) is 0 Å². The summed E-state index contributed by atoms with van der Waals surface area (Å²) in [6.07, 6.45) is 1.21. The van der Waals surface area contributed by atoms with Crippen LogP contribution in [-0.4, -0.2) is 29.3 Å². The van der Waals surface area contributed by atoms with Crippen LogP contribution in [0.1, 0.15) is 33.1 Å². The number of carbonyl (C=O) groups excluding carboxylic acids is 1. The fourth-order valence-corrected chi connectivity index (χ4v) is 1.67. The van der Waals surface area contributed by atoms with E-state index in [1.54, 1.807) is 4.90 Å². The Kier molecular flexibility index (Phi) is 2.88. The summed E-state index contributed by atoms with van der Waals surface area (Å²) in [6, 6.07) is 0.134. The van der Waals surface area contributed by atoms with Crippen molar-refractivity contribution in [2.24, 2.45) is 0 Å². The first-order valence-corrected chi connectivity index (χ1v) is 4.57. The van der Waals surface area contributed by atoms with Crippen molar-refractivity contribution in [2.75, 3.05) is 6.54 Å². The maximum Gasteiger partial charge on any atom is 0.254 e. The molecule has 13 heavy (non-hydrogen) atoms. The summed E-state index contributed by atoms with van der Waals surface area (Å²) in [6.45, 7) is 3.32. The number of alkyl halides is 2. The van der Waals surface area contributed by atoms with E-state index in [9.17, 15) is 13.6 Å². The Morgan fingerprint density at radius 3 is 2.62 bits per heavy atom. The van der Waals surface area contributed by atoms with Gasteiger partial charge >= 0.3 is 0 Å². The van der Waals surface area contributed by atoms with E-state index >= 15 is 0 Å². The van der Waals surface area contributed by atoms with Crippen LogP contribution in [-0.2, 0) is 4.79 Å². The van der Waals surface area contributed by atoms with Gasteiger partial charge in [-0.3, -0.25) is 4.79 Å². The van der Waals surface area contributed by atoms with Crippen molar-refractivity contribution in [1.82, 2.24) is 4.90 Å². The summed E-state index contributed by atoms with van der Waals surface area (Å²) >= 11 is 0. The number of halogens is 2. The second-order valence-corrected chi connectivity index (χ2v) is 3.83. The van der Waals surface area contributed by atoms with Gasteiger partial charge in [0.05, 0.1) is 6.42 Å². The van der Waals surface area contributed by atoms with Crippen molar-refractivity contribution < 1.29 is 13.6 Å². The van der Waals surface area contributed by atoms with Crippen LogP contribution < -0.4 is 0 Å². The summed E-state index contributed by atoms with van der Waals surface area (Å²) < 4.78 is 25.0. The van der Waals surface area contributed by atoms with Crippen molar-refractivity contribution in [3.8, 4) is 0 Å². The van der Waals surface area contributed by atoms with Gasteiger partial charge < -0.3 is 4.90 Å². The second kappa shape index (κ2) is 3.60. The summed E-state index contributed by atoms with van der Waals surface area (Å²) in [5.74, 6) is -3.29. The average molecular weight is 191 g/mol. The highest BCUT2D eigenvalue weighted by molar-refractivity contribution is 5.77. The first-order valence-electron chi connectivity index (χ1n) is 4.57. The summed E-state index contributed by atoms with van der Waals surface area (Å²) in [7, 11) is 0. The predicted molar refractivity (Wildman–Crippen MR) is 45.6 cm³/mol. The lowest BCUT2D eigenvalue weighted by molar-refractivity contribution is -0.138. The Morgan fingerprint density at radius 2 is 2.23 bits per heavy atom. The van der Waals surface area contributed by atoms with Crippen LogP contribution in [0.25, 0.3) is 0 Å². The van der Waals surface area contributed by atoms with Crippen LogP contribution in [0.5, 0.6) is 0 Å². The van der Waals surface area contributed by atoms with E-state index in [0.29, 0.717) is 6.54 Å². The summed E-state index contributed by atoms with van der Waals surface area (Å²) in [5, 5.41) is 0. The van der Waals surface area contributed by atoms with E-state index in [0.717, 1.165) is 19.8 Å². The number of hydrogen-bond acceptors (Lipinski definition) is 1. The number of likely N-dealkylation sites (tertiary alicyclic amines) is 1. The quantitative estimate of drug-likeness (QED) is 0.654. The highest BCUT2D eigenvalue weighted by Gasteiger charge is 2.32. The molecule has 2 nitrogen and oxygen atoms in total. The lowest BCUT2D eigenvalue weighted by Gasteiger charge is -2.22. The molecule has 1 rings (SSSR count). The molecule has 1 amide bonds. The standard InChI is InChI=1S/C9H15F2NO/c1-7-4-3-5-12(7)8(13)6-9(2,10)11/h7H,3-6H2,1-2H3. The zero-order valence-corrected chi connectivity index (χ0v) is 8.02. The normalized spacial score (nSPS) is 23.7. The van der Waals surface area contributed by atoms with Gasteiger partial charge in [0.1, 0.15) is 0 Å². The monoisotopic (exact) mass is 191 g/mol. The first-order chi connectivity index (χ1) is 5.90. The second-order valence-electron chi connectivity index (χ2n) is 3.83. The van der Waals surface area contributed by atoms with Gasteiger partial charge in [-0.05, 0) is 26.7 Å². The minimum Gasteiger partial charge on any atom is -0.340 e. The van der Waals surface area contributed by atoms with Gasteiger partial charge in [0.15, 0.2) is 0 Å². The highest BCUT2D eigenvalue weighted by Crippen LogP contribution is 2.23. The van der Waals surface area contributed by atoms with Crippen LogP contribution in [0.2, 0.25) is 0 Å². The van der Waals surface area contributed by atoms with Crippen molar-refractivity contribution in [1.29, 1.82) is 0 Å². The number of hydrogen-bond donors (Lipinski definition) is 0. The van der Waals surface area contributed by atoms with Gasteiger partial charge in [-0.25, -0.2) is 8.78 Å². The predicted octanol–water partition coefficient (Wildman–Crippen LogP) is 2.04. The molecular weight excluding hydrogens is 176 g/mol. The maximum absolute atomic E-state index is 12.5. The molecule has 0 bridgehead atoms. The maximum atomic E-state index is 12.5. The Morgan fingerprint density at radius 1 is 1.62 bits per heavy atom. The molecule has 1 unspecified atom stereocenters. The minimum absolute atomic E-state index is 0.134. The number of carbonyl (C=O) groups is 1. The molecule has 1 aliphatic rings. The molecule has 0 spiro atoms. The fourth-order valence-electron chi connectivity index (χ4n) is 1.67. The molecule has 1 fully saturated rings. The van der Waals surface area contributed by atoms with Crippen LogP contribution in [0.3, 0.4) is 0 Å². The SMILES string of the molecule is CC1CCCN1C(=O)CC(C)(F)F. The van der Waals surface area contributed by atoms with Gasteiger partial charge in [0.2, 0.25) is 5.91 Å². The van der Waals surface area contributed by atoms with E-state index in [1.165, 1.54) is 0 Å². The molecule has 0 aromatic heterocycles. The molecule has 1 saturated heterocycles. The van der Waals surface area contributed by atoms with Gasteiger partial charge in [0.25, 0.3) is 5.92 Å². The van der Waals surface area contributed by atoms with Crippen LogP contribution in [0.15, 0.2) is 0 Å². The molecule has 76 valence electrons. The van der Waals surface area contributed by atoms with Crippen molar-refractivity contribution in [3.63, 3.8) is 0 Å². The topological polar surface area (TPSA) is 20.3 Å². The van der Waals surface area contributed by atoms with Crippen LogP contribution in [0.4, 0.5) is 8.78 Å². The highest BCUT2D eigenvalue weighted by atomic mass is 19.3. The van der Waals surface area contributed by atoms with Gasteiger partial charge in [-0.1, -0.05) is 0 Å². The van der Waals surface area contributed by atoms with Crippen molar-refractivity contribution in [3.05, 3.63) is 0 Å². The number of nitrogens with zero attached hydrogens (tertiary/aromatic N) is 1. The minimum atomic E-state index is -2.88. The Hall–Kier alpha value is -0.670. The summed E-state index contributed by atoms with van der Waals surface area (Å²) in [5.41, 5.74) is 0. The summed E-state index contributed by atoms with van der Waals surface area (Å²) in [4.78, 5) is 12.9. The lowest BCUT2D eigenvalue weighted by Crippen LogP contribution is -2.36. The van der Waals surface area contributed by atoms with Crippen molar-refractivity contribution in [2.45, 2.75) is 45.1 Å². The lowest BCUT2D eigenvalue weighted by atomic mass is 10.2. The van der Waals surface area contributed by atoms with Crippen LogP contribution >= 0.6 is 0 Å². The van der Waals surface area contributed by atoms with Gasteiger partial charge in [-0.2, -0.15) is 0 Å². The molecule has 0 radical (unpaired) electrons. The number of rotatable bonds is 2. The Labute approximate surface area is 76.9 Å². The van der Waals surface area contributed by atoms with Gasteiger partial charge in [-0.15, -0.1) is 0 Å². The molecule has 0 aromatic rings. The average Bonchev–Trinajstić information content (AvgIpc) is 2.30. The smallest absolute Gasteiger partial charge is 0.254 e. The number of amides is 1. The van der Waals surface area contributed by atoms with Crippen molar-refractivity contribution >= 4 is 5.91 Å². The van der Waals surface area contributed by atoms with E-state index in [-0.39, 0.29) is 6.04 Å². The largest absolute Gasteiger partial charge is 0.340 e. The van der Waals surface area contributed by atoms with E-state index in [4.69, 9.17) is 0 Å². The molecule has 1 atom stereocenters. The van der Waals surface area contributed by atoms with Gasteiger partial charge in [0, 0.05) is 12.6 Å².